The lowest BCUT2D eigenvalue weighted by Gasteiger charge is -2.32. The summed E-state index contributed by atoms with van der Waals surface area (Å²) < 4.78 is 0. The van der Waals surface area contributed by atoms with E-state index in [2.05, 4.69) is 72.3 Å². The van der Waals surface area contributed by atoms with E-state index in [1.165, 1.54) is 27.8 Å². The smallest absolute Gasteiger partial charge is 0.117 e. The van der Waals surface area contributed by atoms with Gasteiger partial charge in [-0.05, 0) is 94.8 Å². The number of benzene rings is 4. The van der Waals surface area contributed by atoms with E-state index < -0.39 is 0 Å². The van der Waals surface area contributed by atoms with Gasteiger partial charge in [-0.2, -0.15) is 0 Å². The number of nitrogens with zero attached hydrogens (tertiary/aromatic N) is 2. The van der Waals surface area contributed by atoms with Crippen LogP contribution in [-0.2, 0) is 5.41 Å². The third-order valence-electron chi connectivity index (χ3n) is 8.18. The maximum atomic E-state index is 10.3. The number of phenols is 2. The monoisotopic (exact) mass is 524 g/mol. The Morgan fingerprint density at radius 3 is 1.77 bits per heavy atom. The zero-order valence-electron chi connectivity index (χ0n) is 22.8. The van der Waals surface area contributed by atoms with Gasteiger partial charge < -0.3 is 15.1 Å². The van der Waals surface area contributed by atoms with Crippen molar-refractivity contribution in [3.05, 3.63) is 132 Å². The van der Waals surface area contributed by atoms with Crippen LogP contribution in [0.15, 0.2) is 109 Å². The van der Waals surface area contributed by atoms with Crippen LogP contribution in [0.2, 0.25) is 0 Å². The highest BCUT2D eigenvalue weighted by atomic mass is 16.3. The molecule has 40 heavy (non-hydrogen) atoms. The molecule has 0 fully saturated rings. The predicted molar refractivity (Wildman–Crippen MR) is 164 cm³/mol. The Kier molecular flexibility index (Phi) is 6.61. The molecule has 198 valence electrons. The molecule has 1 aliphatic carbocycles. The minimum Gasteiger partial charge on any atom is -0.508 e. The van der Waals surface area contributed by atoms with Crippen molar-refractivity contribution in [2.24, 2.45) is 0 Å². The van der Waals surface area contributed by atoms with E-state index in [0.29, 0.717) is 0 Å². The topological polar surface area (TPSA) is 56.6 Å². The molecule has 0 amide bonds. The molecule has 0 spiro atoms. The Morgan fingerprint density at radius 1 is 0.625 bits per heavy atom. The van der Waals surface area contributed by atoms with E-state index in [9.17, 15) is 10.2 Å². The van der Waals surface area contributed by atoms with E-state index >= 15 is 0 Å². The maximum absolute atomic E-state index is 10.3. The molecule has 1 aromatic heterocycles. The number of phenolic OH excluding ortho intramolecular Hbond substituents is 2. The number of fused-ring (bicyclic) bond motifs is 3. The second kappa shape index (κ2) is 10.4. The Bertz CT molecular complexity index is 1660. The minimum absolute atomic E-state index is 0.121. The number of hydrogen-bond donors (Lipinski definition) is 2. The number of hydrogen-bond acceptors (Lipinski definition) is 4. The van der Waals surface area contributed by atoms with Crippen molar-refractivity contribution >= 4 is 29.2 Å². The third-order valence-corrected chi connectivity index (χ3v) is 8.18. The summed E-state index contributed by atoms with van der Waals surface area (Å²) >= 11 is 0. The molecule has 0 bridgehead atoms. The standard InChI is InChI=1S/C36H32N2O2/c1-3-36(4-2)34-21-26(12-11-25-17-19-37-20-18-25)13-15-32(34)33-16-14-29(24-35(33)36)38(27-7-5-9-30(39)22-27)28-8-6-10-31(40)23-28/h5-24,39-40H,3-4H2,1-2H3/b12-11+. The molecule has 0 aliphatic heterocycles. The van der Waals surface area contributed by atoms with Gasteiger partial charge in [-0.3, -0.25) is 4.98 Å². The van der Waals surface area contributed by atoms with Gasteiger partial charge in [-0.1, -0.05) is 62.4 Å². The minimum atomic E-state index is -0.121. The first-order chi connectivity index (χ1) is 19.5. The highest BCUT2D eigenvalue weighted by Crippen LogP contribution is 2.54. The molecule has 2 N–H and O–H groups in total. The molecular weight excluding hydrogens is 492 g/mol. The number of aromatic nitrogens is 1. The average molecular weight is 525 g/mol. The Morgan fingerprint density at radius 2 is 1.18 bits per heavy atom. The fourth-order valence-corrected chi connectivity index (χ4v) is 6.13. The lowest BCUT2D eigenvalue weighted by atomic mass is 9.73. The summed E-state index contributed by atoms with van der Waals surface area (Å²) in [7, 11) is 0. The van der Waals surface area contributed by atoms with Crippen molar-refractivity contribution in [1.29, 1.82) is 0 Å². The molecule has 4 aromatic carbocycles. The van der Waals surface area contributed by atoms with E-state index in [-0.39, 0.29) is 16.9 Å². The van der Waals surface area contributed by atoms with Crippen molar-refractivity contribution in [2.75, 3.05) is 4.90 Å². The number of anilines is 3. The van der Waals surface area contributed by atoms with Crippen molar-refractivity contribution in [3.8, 4) is 22.6 Å². The van der Waals surface area contributed by atoms with Crippen LogP contribution in [0.4, 0.5) is 17.1 Å². The molecule has 0 atom stereocenters. The summed E-state index contributed by atoms with van der Waals surface area (Å²) in [6, 6.07) is 31.9. The largest absolute Gasteiger partial charge is 0.508 e. The molecule has 0 saturated carbocycles. The van der Waals surface area contributed by atoms with Crippen LogP contribution < -0.4 is 4.90 Å². The molecule has 0 saturated heterocycles. The zero-order chi connectivity index (χ0) is 27.7. The summed E-state index contributed by atoms with van der Waals surface area (Å²) in [4.78, 5) is 6.20. The van der Waals surface area contributed by atoms with Crippen LogP contribution >= 0.6 is 0 Å². The van der Waals surface area contributed by atoms with E-state index in [0.717, 1.165) is 35.5 Å². The fraction of sp³-hybridized carbons (Fsp3) is 0.139. The molecule has 5 aromatic rings. The normalized spacial score (nSPS) is 13.2. The first kappa shape index (κ1) is 25.4. The first-order valence-corrected chi connectivity index (χ1v) is 13.8. The van der Waals surface area contributed by atoms with Crippen molar-refractivity contribution < 1.29 is 10.2 Å². The maximum Gasteiger partial charge on any atom is 0.117 e. The highest BCUT2D eigenvalue weighted by molar-refractivity contribution is 5.87. The quantitative estimate of drug-likeness (QED) is 0.223. The summed E-state index contributed by atoms with van der Waals surface area (Å²) in [5.74, 6) is 0.389. The highest BCUT2D eigenvalue weighted by Gasteiger charge is 2.41. The summed E-state index contributed by atoms with van der Waals surface area (Å²) in [5, 5.41) is 20.6. The van der Waals surface area contributed by atoms with Gasteiger partial charge in [-0.25, -0.2) is 0 Å². The zero-order valence-corrected chi connectivity index (χ0v) is 22.8. The Labute approximate surface area is 235 Å². The second-order valence-electron chi connectivity index (χ2n) is 10.3. The van der Waals surface area contributed by atoms with Crippen molar-refractivity contribution in [1.82, 2.24) is 4.98 Å². The van der Waals surface area contributed by atoms with Crippen LogP contribution in [0.25, 0.3) is 23.3 Å². The Hall–Kier alpha value is -4.83. The molecule has 1 heterocycles. The number of aromatic hydroxyl groups is 2. The van der Waals surface area contributed by atoms with Crippen LogP contribution in [0, 0.1) is 0 Å². The summed E-state index contributed by atoms with van der Waals surface area (Å²) in [5.41, 5.74) is 10.0. The molecule has 0 radical (unpaired) electrons. The van der Waals surface area contributed by atoms with Gasteiger partial charge in [0, 0.05) is 47.0 Å². The van der Waals surface area contributed by atoms with Gasteiger partial charge in [0.15, 0.2) is 0 Å². The van der Waals surface area contributed by atoms with Crippen LogP contribution in [0.3, 0.4) is 0 Å². The van der Waals surface area contributed by atoms with Crippen molar-refractivity contribution in [3.63, 3.8) is 0 Å². The predicted octanol–water partition coefficient (Wildman–Crippen LogP) is 9.22. The van der Waals surface area contributed by atoms with E-state index in [1.807, 2.05) is 48.8 Å². The van der Waals surface area contributed by atoms with Gasteiger partial charge in [0.2, 0.25) is 0 Å². The van der Waals surface area contributed by atoms with Gasteiger partial charge >= 0.3 is 0 Å². The van der Waals surface area contributed by atoms with Gasteiger partial charge in [-0.15, -0.1) is 0 Å². The lowest BCUT2D eigenvalue weighted by Crippen LogP contribution is -2.23. The number of pyridine rings is 1. The molecule has 1 aliphatic rings. The van der Waals surface area contributed by atoms with Crippen molar-refractivity contribution in [2.45, 2.75) is 32.1 Å². The van der Waals surface area contributed by atoms with Crippen LogP contribution in [-0.4, -0.2) is 15.2 Å². The number of rotatable bonds is 7. The van der Waals surface area contributed by atoms with Gasteiger partial charge in [0.05, 0.1) is 0 Å². The summed E-state index contributed by atoms with van der Waals surface area (Å²) in [6.45, 7) is 4.55. The molecule has 0 unspecified atom stereocenters. The second-order valence-corrected chi connectivity index (χ2v) is 10.3. The first-order valence-electron chi connectivity index (χ1n) is 13.8. The van der Waals surface area contributed by atoms with E-state index in [4.69, 9.17) is 0 Å². The SMILES string of the molecule is CCC1(CC)c2cc(/C=C/c3ccncc3)ccc2-c2ccc(N(c3cccc(O)c3)c3cccc(O)c3)cc21. The molecular formula is C36H32N2O2. The Balaban J connectivity index is 1.48. The van der Waals surface area contributed by atoms with E-state index in [1.54, 1.807) is 24.3 Å². The molecule has 4 heteroatoms. The third kappa shape index (κ3) is 4.42. The van der Waals surface area contributed by atoms with Gasteiger partial charge in [0.1, 0.15) is 11.5 Å². The van der Waals surface area contributed by atoms with Crippen LogP contribution in [0.1, 0.15) is 48.9 Å². The van der Waals surface area contributed by atoms with Crippen LogP contribution in [0.5, 0.6) is 11.5 Å². The molecule has 4 nitrogen and oxygen atoms in total. The van der Waals surface area contributed by atoms with Gasteiger partial charge in [0.25, 0.3) is 0 Å². The average Bonchev–Trinajstić information content (AvgIpc) is 3.25. The molecule has 6 rings (SSSR count). The fourth-order valence-electron chi connectivity index (χ4n) is 6.13. The lowest BCUT2D eigenvalue weighted by molar-refractivity contribution is 0.475. The summed E-state index contributed by atoms with van der Waals surface area (Å²) in [6.07, 6.45) is 9.88.